The van der Waals surface area contributed by atoms with Crippen LogP contribution in [0.4, 0.5) is 0 Å². The van der Waals surface area contributed by atoms with Gasteiger partial charge in [0, 0.05) is 17.9 Å². The molecule has 0 aliphatic rings. The molecular formula is C20H22N4O4. The molecule has 2 N–H and O–H groups in total. The number of benzene rings is 1. The van der Waals surface area contributed by atoms with Gasteiger partial charge in [0.15, 0.2) is 5.65 Å². The molecule has 0 saturated heterocycles. The van der Waals surface area contributed by atoms with Crippen LogP contribution in [0.15, 0.2) is 24.3 Å². The number of ether oxygens (including phenoxy) is 1. The van der Waals surface area contributed by atoms with Crippen LogP contribution in [0.3, 0.4) is 0 Å². The number of aromatic carboxylic acids is 1. The van der Waals surface area contributed by atoms with Gasteiger partial charge in [-0.15, -0.1) is 0 Å². The summed E-state index contributed by atoms with van der Waals surface area (Å²) in [6.45, 7) is 5.95. The van der Waals surface area contributed by atoms with Crippen molar-refractivity contribution in [1.82, 2.24) is 19.9 Å². The highest BCUT2D eigenvalue weighted by atomic mass is 16.5. The predicted molar refractivity (Wildman–Crippen MR) is 103 cm³/mol. The van der Waals surface area contributed by atoms with Crippen LogP contribution in [0.5, 0.6) is 5.75 Å². The molecule has 8 nitrogen and oxygen atoms in total. The fraction of sp³-hybridized carbons (Fsp3) is 0.300. The Morgan fingerprint density at radius 3 is 2.64 bits per heavy atom. The van der Waals surface area contributed by atoms with Crippen LogP contribution in [0.1, 0.15) is 43.4 Å². The van der Waals surface area contributed by atoms with Crippen LogP contribution in [0, 0.1) is 20.8 Å². The fourth-order valence-electron chi connectivity index (χ4n) is 3.18. The fourth-order valence-corrected chi connectivity index (χ4v) is 3.18. The average Bonchev–Trinajstić information content (AvgIpc) is 2.98. The molecule has 3 aromatic rings. The number of amides is 1. The van der Waals surface area contributed by atoms with Gasteiger partial charge in [0.25, 0.3) is 5.91 Å². The van der Waals surface area contributed by atoms with E-state index < -0.39 is 5.97 Å². The third kappa shape index (κ3) is 3.66. The molecule has 0 saturated carbocycles. The molecule has 28 heavy (non-hydrogen) atoms. The number of carbonyl (C=O) groups is 2. The van der Waals surface area contributed by atoms with Gasteiger partial charge < -0.3 is 15.2 Å². The monoisotopic (exact) mass is 382 g/mol. The van der Waals surface area contributed by atoms with Crippen LogP contribution < -0.4 is 10.1 Å². The number of fused-ring (bicyclic) bond motifs is 1. The number of hydrogen-bond acceptors (Lipinski definition) is 5. The lowest BCUT2D eigenvalue weighted by Crippen LogP contribution is -2.26. The van der Waals surface area contributed by atoms with Gasteiger partial charge in [0.05, 0.1) is 18.4 Å². The second-order valence-electron chi connectivity index (χ2n) is 6.57. The lowest BCUT2D eigenvalue weighted by Gasteiger charge is -2.10. The van der Waals surface area contributed by atoms with E-state index in [1.165, 1.54) is 19.2 Å². The van der Waals surface area contributed by atoms with Crippen molar-refractivity contribution in [2.24, 2.45) is 0 Å². The highest BCUT2D eigenvalue weighted by molar-refractivity contribution is 6.01. The van der Waals surface area contributed by atoms with Gasteiger partial charge in [0.1, 0.15) is 11.3 Å². The van der Waals surface area contributed by atoms with E-state index in [4.69, 9.17) is 9.84 Å². The molecule has 8 heteroatoms. The molecule has 0 bridgehead atoms. The summed E-state index contributed by atoms with van der Waals surface area (Å²) in [4.78, 5) is 28.3. The molecule has 0 spiro atoms. The van der Waals surface area contributed by atoms with E-state index in [1.54, 1.807) is 17.5 Å². The highest BCUT2D eigenvalue weighted by Crippen LogP contribution is 2.21. The molecule has 0 fully saturated rings. The molecule has 1 aromatic carbocycles. The Bertz CT molecular complexity index is 1070. The van der Waals surface area contributed by atoms with E-state index in [1.807, 2.05) is 19.9 Å². The highest BCUT2D eigenvalue weighted by Gasteiger charge is 2.19. The number of carboxylic acids is 1. The van der Waals surface area contributed by atoms with Crippen molar-refractivity contribution in [1.29, 1.82) is 0 Å². The van der Waals surface area contributed by atoms with Gasteiger partial charge in [-0.25, -0.2) is 14.3 Å². The van der Waals surface area contributed by atoms with E-state index in [0.29, 0.717) is 35.6 Å². The first-order chi connectivity index (χ1) is 13.3. The number of carbonyl (C=O) groups excluding carboxylic acids is 1. The van der Waals surface area contributed by atoms with Crippen molar-refractivity contribution in [3.8, 4) is 5.75 Å². The Morgan fingerprint density at radius 2 is 1.96 bits per heavy atom. The Hall–Kier alpha value is -3.42. The van der Waals surface area contributed by atoms with Crippen molar-refractivity contribution in [2.45, 2.75) is 27.2 Å². The summed E-state index contributed by atoms with van der Waals surface area (Å²) in [5.41, 5.74) is 4.31. The Labute approximate surface area is 162 Å². The normalized spacial score (nSPS) is 10.9. The molecule has 0 radical (unpaired) electrons. The topological polar surface area (TPSA) is 106 Å². The van der Waals surface area contributed by atoms with E-state index >= 15 is 0 Å². The Kier molecular flexibility index (Phi) is 5.30. The van der Waals surface area contributed by atoms with Gasteiger partial charge in [0.2, 0.25) is 0 Å². The summed E-state index contributed by atoms with van der Waals surface area (Å²) in [5.74, 6) is -0.778. The average molecular weight is 382 g/mol. The number of carboxylic acid groups (broad SMARTS) is 1. The smallest absolute Gasteiger partial charge is 0.335 e. The summed E-state index contributed by atoms with van der Waals surface area (Å²) >= 11 is 0. The standard InChI is InChI=1S/C20H22N4O4/c1-11-9-12(2)24-18(22-11)17(13(3)23-24)19(25)21-8-7-14-5-6-15(20(26)27)10-16(14)28-4/h5-6,9-10H,7-8H2,1-4H3,(H,21,25)(H,26,27). The quantitative estimate of drug-likeness (QED) is 0.678. The van der Waals surface area contributed by atoms with E-state index in [9.17, 15) is 9.59 Å². The Balaban J connectivity index is 1.76. The number of rotatable bonds is 6. The number of aromatic nitrogens is 3. The van der Waals surface area contributed by atoms with Crippen molar-refractivity contribution >= 4 is 17.5 Å². The van der Waals surface area contributed by atoms with Crippen LogP contribution in [-0.4, -0.2) is 45.2 Å². The van der Waals surface area contributed by atoms with E-state index in [0.717, 1.165) is 17.0 Å². The first kappa shape index (κ1) is 19.3. The summed E-state index contributed by atoms with van der Waals surface area (Å²) in [5, 5.41) is 16.4. The maximum absolute atomic E-state index is 12.7. The molecule has 3 rings (SSSR count). The minimum atomic E-state index is -1.01. The maximum atomic E-state index is 12.7. The molecule has 1 amide bonds. The predicted octanol–water partition coefficient (Wildman–Crippen LogP) is 2.33. The van der Waals surface area contributed by atoms with Crippen LogP contribution in [0.25, 0.3) is 5.65 Å². The molecular weight excluding hydrogens is 360 g/mol. The lowest BCUT2D eigenvalue weighted by atomic mass is 10.1. The van der Waals surface area contributed by atoms with Crippen molar-refractivity contribution in [3.05, 3.63) is 58.0 Å². The zero-order valence-corrected chi connectivity index (χ0v) is 16.2. The van der Waals surface area contributed by atoms with Crippen LogP contribution in [0.2, 0.25) is 0 Å². The van der Waals surface area contributed by atoms with Gasteiger partial charge >= 0.3 is 5.97 Å². The lowest BCUT2D eigenvalue weighted by molar-refractivity contribution is 0.0696. The van der Waals surface area contributed by atoms with E-state index in [2.05, 4.69) is 15.4 Å². The first-order valence-electron chi connectivity index (χ1n) is 8.83. The van der Waals surface area contributed by atoms with Crippen LogP contribution in [-0.2, 0) is 6.42 Å². The van der Waals surface area contributed by atoms with Gasteiger partial charge in [-0.2, -0.15) is 5.10 Å². The van der Waals surface area contributed by atoms with Crippen molar-refractivity contribution < 1.29 is 19.4 Å². The minimum Gasteiger partial charge on any atom is -0.496 e. The van der Waals surface area contributed by atoms with Gasteiger partial charge in [-0.05, 0) is 51.0 Å². The molecule has 2 aromatic heterocycles. The van der Waals surface area contributed by atoms with Crippen molar-refractivity contribution in [3.63, 3.8) is 0 Å². The third-order valence-electron chi connectivity index (χ3n) is 4.51. The van der Waals surface area contributed by atoms with Crippen molar-refractivity contribution in [2.75, 3.05) is 13.7 Å². The van der Waals surface area contributed by atoms with E-state index in [-0.39, 0.29) is 11.5 Å². The van der Waals surface area contributed by atoms with Gasteiger partial charge in [-0.3, -0.25) is 4.79 Å². The Morgan fingerprint density at radius 1 is 1.21 bits per heavy atom. The third-order valence-corrected chi connectivity index (χ3v) is 4.51. The number of nitrogens with zero attached hydrogens (tertiary/aromatic N) is 3. The van der Waals surface area contributed by atoms with Gasteiger partial charge in [-0.1, -0.05) is 6.07 Å². The second kappa shape index (κ2) is 7.67. The number of nitrogens with one attached hydrogen (secondary N) is 1. The summed E-state index contributed by atoms with van der Waals surface area (Å²) in [6.07, 6.45) is 0.499. The molecule has 0 aliphatic heterocycles. The zero-order valence-electron chi connectivity index (χ0n) is 16.2. The number of methoxy groups -OCH3 is 1. The molecule has 2 heterocycles. The summed E-state index contributed by atoms with van der Waals surface area (Å²) in [6, 6.07) is 6.61. The molecule has 146 valence electrons. The molecule has 0 aliphatic carbocycles. The number of hydrogen-bond donors (Lipinski definition) is 2. The summed E-state index contributed by atoms with van der Waals surface area (Å²) < 4.78 is 6.94. The first-order valence-corrected chi connectivity index (χ1v) is 8.83. The minimum absolute atomic E-state index is 0.156. The maximum Gasteiger partial charge on any atom is 0.335 e. The number of aryl methyl sites for hydroxylation is 3. The SMILES string of the molecule is COc1cc(C(=O)O)ccc1CCNC(=O)c1c(C)nn2c(C)cc(C)nc12. The largest absolute Gasteiger partial charge is 0.496 e. The molecule has 0 unspecified atom stereocenters. The van der Waals surface area contributed by atoms with Crippen LogP contribution >= 0.6 is 0 Å². The summed E-state index contributed by atoms with van der Waals surface area (Å²) in [7, 11) is 1.49. The molecule has 0 atom stereocenters. The second-order valence-corrected chi connectivity index (χ2v) is 6.57. The zero-order chi connectivity index (χ0) is 20.4.